The second-order valence-corrected chi connectivity index (χ2v) is 13.0. The topological polar surface area (TPSA) is 86.6 Å². The van der Waals surface area contributed by atoms with Crippen LogP contribution in [0.3, 0.4) is 0 Å². The van der Waals surface area contributed by atoms with Gasteiger partial charge in [0.1, 0.15) is 17.5 Å². The first-order chi connectivity index (χ1) is 24.6. The van der Waals surface area contributed by atoms with Gasteiger partial charge >= 0.3 is 0 Å². The van der Waals surface area contributed by atoms with Crippen molar-refractivity contribution in [3.8, 4) is 11.5 Å². The summed E-state index contributed by atoms with van der Waals surface area (Å²) in [6.07, 6.45) is -3.40. The second-order valence-electron chi connectivity index (χ2n) is 12.6. The summed E-state index contributed by atoms with van der Waals surface area (Å²) in [4.78, 5) is 0. The zero-order valence-corrected chi connectivity index (χ0v) is 28.9. The Hall–Kier alpha value is -4.35. The van der Waals surface area contributed by atoms with E-state index in [1.165, 1.54) is 19.2 Å². The van der Waals surface area contributed by atoms with Crippen molar-refractivity contribution in [2.45, 2.75) is 56.3 Å². The van der Waals surface area contributed by atoms with Crippen molar-refractivity contribution in [1.29, 1.82) is 0 Å². The van der Waals surface area contributed by atoms with Gasteiger partial charge in [-0.15, -0.1) is 0 Å². The molecule has 0 spiro atoms. The summed E-state index contributed by atoms with van der Waals surface area (Å²) in [7, 11) is 1.26. The molecule has 0 aliphatic carbocycles. The van der Waals surface area contributed by atoms with Crippen molar-refractivity contribution < 1.29 is 42.7 Å². The van der Waals surface area contributed by atoms with Gasteiger partial charge in [-0.05, 0) is 59.5 Å². The van der Waals surface area contributed by atoms with Gasteiger partial charge in [-0.3, -0.25) is 0 Å². The van der Waals surface area contributed by atoms with E-state index in [2.05, 4.69) is 0 Å². The highest BCUT2D eigenvalue weighted by Gasteiger charge is 2.62. The molecule has 10 heteroatoms. The van der Waals surface area contributed by atoms with Crippen LogP contribution < -0.4 is 9.47 Å². The van der Waals surface area contributed by atoms with Crippen LogP contribution in [0.1, 0.15) is 34.7 Å². The first-order valence-corrected chi connectivity index (χ1v) is 16.9. The molecular weight excluding hydrogens is 678 g/mol. The molecule has 0 bridgehead atoms. The van der Waals surface area contributed by atoms with Gasteiger partial charge in [-0.1, -0.05) is 103 Å². The van der Waals surface area contributed by atoms with Crippen LogP contribution in [0, 0.1) is 11.6 Å². The maximum absolute atomic E-state index is 15.1. The first-order valence-electron chi connectivity index (χ1n) is 16.5. The number of para-hydroxylation sites is 1. The molecule has 0 amide bonds. The van der Waals surface area contributed by atoms with E-state index in [0.717, 1.165) is 11.1 Å². The summed E-state index contributed by atoms with van der Waals surface area (Å²) in [6, 6.07) is 35.4. The van der Waals surface area contributed by atoms with Gasteiger partial charge in [0, 0.05) is 17.0 Å². The molecule has 0 saturated carbocycles. The van der Waals surface area contributed by atoms with E-state index in [9.17, 15) is 14.6 Å². The first kappa shape index (κ1) is 36.4. The van der Waals surface area contributed by atoms with Crippen LogP contribution in [0.15, 0.2) is 121 Å². The van der Waals surface area contributed by atoms with E-state index in [0.29, 0.717) is 11.3 Å². The molecular formula is C41H39ClF2O7. The van der Waals surface area contributed by atoms with Crippen molar-refractivity contribution in [1.82, 2.24) is 0 Å². The lowest BCUT2D eigenvalue weighted by Crippen LogP contribution is -2.71. The lowest BCUT2D eigenvalue weighted by molar-refractivity contribution is -0.396. The number of halogens is 3. The summed E-state index contributed by atoms with van der Waals surface area (Å²) in [6.45, 7) is 1.28. The third-order valence-corrected chi connectivity index (χ3v) is 9.40. The molecule has 5 atom stereocenters. The number of methoxy groups -OCH3 is 1. The Morgan fingerprint density at radius 3 is 1.92 bits per heavy atom. The Balaban J connectivity index is 1.45. The molecule has 1 aliphatic heterocycles. The van der Waals surface area contributed by atoms with Crippen molar-refractivity contribution in [2.24, 2.45) is 0 Å². The average molecular weight is 717 g/mol. The number of benzene rings is 5. The van der Waals surface area contributed by atoms with Crippen molar-refractivity contribution in [3.63, 3.8) is 0 Å². The lowest BCUT2D eigenvalue weighted by Gasteiger charge is -2.54. The van der Waals surface area contributed by atoms with E-state index in [1.54, 1.807) is 37.3 Å². The van der Waals surface area contributed by atoms with Gasteiger partial charge < -0.3 is 33.9 Å². The van der Waals surface area contributed by atoms with E-state index in [-0.39, 0.29) is 41.5 Å². The number of aliphatic hydroxyl groups is 2. The van der Waals surface area contributed by atoms with E-state index >= 15 is 4.39 Å². The molecule has 1 saturated heterocycles. The Morgan fingerprint density at radius 1 is 0.745 bits per heavy atom. The third kappa shape index (κ3) is 7.94. The summed E-state index contributed by atoms with van der Waals surface area (Å²) in [5, 5.41) is 24.1. The molecule has 51 heavy (non-hydrogen) atoms. The van der Waals surface area contributed by atoms with E-state index < -0.39 is 47.9 Å². The molecule has 2 N–H and O–H groups in total. The van der Waals surface area contributed by atoms with Crippen molar-refractivity contribution in [2.75, 3.05) is 13.7 Å². The number of hydrogen-bond donors (Lipinski definition) is 2. The minimum Gasteiger partial charge on any atom is -0.494 e. The molecule has 5 aromatic carbocycles. The minimum absolute atomic E-state index is 0.0284. The normalized spacial score (nSPS) is 23.2. The van der Waals surface area contributed by atoms with Crippen LogP contribution in [-0.2, 0) is 39.6 Å². The summed E-state index contributed by atoms with van der Waals surface area (Å²) < 4.78 is 61.0. The van der Waals surface area contributed by atoms with Crippen molar-refractivity contribution >= 4 is 11.6 Å². The zero-order valence-electron chi connectivity index (χ0n) is 28.2. The monoisotopic (exact) mass is 716 g/mol. The van der Waals surface area contributed by atoms with Crippen LogP contribution in [0.2, 0.25) is 5.02 Å². The van der Waals surface area contributed by atoms with Gasteiger partial charge in [-0.25, -0.2) is 4.39 Å². The molecule has 7 nitrogen and oxygen atoms in total. The van der Waals surface area contributed by atoms with Crippen LogP contribution in [0.4, 0.5) is 8.78 Å². The third-order valence-electron chi connectivity index (χ3n) is 9.03. The van der Waals surface area contributed by atoms with Crippen LogP contribution >= 0.6 is 11.6 Å². The van der Waals surface area contributed by atoms with Crippen molar-refractivity contribution in [3.05, 3.63) is 166 Å². The maximum atomic E-state index is 15.1. The fourth-order valence-electron chi connectivity index (χ4n) is 6.33. The molecule has 6 rings (SSSR count). The highest BCUT2D eigenvalue weighted by Crippen LogP contribution is 2.46. The standard InChI is InChI=1S/C41H39ClF2O7/c1-40(26-45)38(48-24-27-12-6-3-7-13-27)37(50-32-16-10-5-11-17-32)39(49-25-28-14-8-4-9-15-28)41(46,51-40)31-19-20-33(42)30(23-31)22-29-18-21-34(47-2)36(44)35(29)43/h3-21,23,37-39,45-46H,22,24-26H2,1-2H3/t37-,38-,39+,40?,41+/m0/s1. The smallest absolute Gasteiger partial charge is 0.224 e. The zero-order chi connectivity index (χ0) is 36.0. The number of ether oxygens (including phenoxy) is 5. The summed E-state index contributed by atoms with van der Waals surface area (Å²) in [5.41, 5.74) is 0.761. The molecule has 0 aromatic heterocycles. The molecule has 1 aliphatic rings. The number of hydrogen-bond acceptors (Lipinski definition) is 7. The quantitative estimate of drug-likeness (QED) is 0.129. The molecule has 266 valence electrons. The Morgan fingerprint density at radius 2 is 1.33 bits per heavy atom. The SMILES string of the molecule is COc1ccc(Cc2cc([C@@]3(O)OC(C)(CO)[C@@H](OCc4ccccc4)[C@H](Oc4ccccc4)[C@H]3OCc3ccccc3)ccc2Cl)c(F)c1F. The highest BCUT2D eigenvalue weighted by atomic mass is 35.5. The Labute approximate surface area is 300 Å². The van der Waals surface area contributed by atoms with Gasteiger partial charge in [0.05, 0.1) is 26.9 Å². The average Bonchev–Trinajstić information content (AvgIpc) is 3.15. The minimum atomic E-state index is -2.28. The second kappa shape index (κ2) is 15.9. The molecule has 0 radical (unpaired) electrons. The molecule has 1 heterocycles. The van der Waals surface area contributed by atoms with E-state index in [4.69, 9.17) is 35.3 Å². The van der Waals surface area contributed by atoms with Gasteiger partial charge in [0.2, 0.25) is 11.6 Å². The summed E-state index contributed by atoms with van der Waals surface area (Å²) >= 11 is 6.62. The van der Waals surface area contributed by atoms with Crippen LogP contribution in [0.25, 0.3) is 0 Å². The van der Waals surface area contributed by atoms with Crippen LogP contribution in [0.5, 0.6) is 11.5 Å². The van der Waals surface area contributed by atoms with Gasteiger partial charge in [0.15, 0.2) is 23.8 Å². The lowest BCUT2D eigenvalue weighted by atomic mass is 9.81. The highest BCUT2D eigenvalue weighted by molar-refractivity contribution is 6.31. The fourth-order valence-corrected chi connectivity index (χ4v) is 6.51. The molecule has 5 aromatic rings. The largest absolute Gasteiger partial charge is 0.494 e. The van der Waals surface area contributed by atoms with Crippen LogP contribution in [-0.4, -0.2) is 47.8 Å². The molecule has 1 fully saturated rings. The van der Waals surface area contributed by atoms with Gasteiger partial charge in [-0.2, -0.15) is 4.39 Å². The van der Waals surface area contributed by atoms with Gasteiger partial charge in [0.25, 0.3) is 0 Å². The predicted molar refractivity (Wildman–Crippen MR) is 189 cm³/mol. The maximum Gasteiger partial charge on any atom is 0.224 e. The van der Waals surface area contributed by atoms with E-state index in [1.807, 2.05) is 78.9 Å². The number of rotatable bonds is 13. The Kier molecular flexibility index (Phi) is 11.4. The number of aliphatic hydroxyl groups excluding tert-OH is 1. The fraction of sp³-hybridized carbons (Fsp3) is 0.268. The summed E-state index contributed by atoms with van der Waals surface area (Å²) in [5.74, 6) is -4.22. The Bertz CT molecular complexity index is 1900. The predicted octanol–water partition coefficient (Wildman–Crippen LogP) is 7.76. The molecule has 1 unspecified atom stereocenters.